The molecule has 0 aromatic carbocycles. The lowest BCUT2D eigenvalue weighted by Crippen LogP contribution is -2.35. The van der Waals surface area contributed by atoms with Gasteiger partial charge >= 0.3 is 5.97 Å². The summed E-state index contributed by atoms with van der Waals surface area (Å²) in [5.74, 6) is -1.21. The summed E-state index contributed by atoms with van der Waals surface area (Å²) in [6, 6.07) is -1.06. The average molecular weight is 163 g/mol. The van der Waals surface area contributed by atoms with Crippen molar-refractivity contribution in [3.8, 4) is 0 Å². The van der Waals surface area contributed by atoms with E-state index in [1.165, 1.54) is 5.41 Å². The zero-order chi connectivity index (χ0) is 8.15. The number of aliphatic carboxylic acids is 1. The zero-order valence-corrected chi connectivity index (χ0v) is 6.13. The van der Waals surface area contributed by atoms with E-state index in [2.05, 4.69) is 6.58 Å². The Hall–Kier alpha value is -0.680. The van der Waals surface area contributed by atoms with Crippen molar-refractivity contribution in [2.24, 2.45) is 5.73 Å². The van der Waals surface area contributed by atoms with Gasteiger partial charge in [-0.05, 0) is 5.41 Å². The Kier molecular flexibility index (Phi) is 3.90. The van der Waals surface area contributed by atoms with Crippen molar-refractivity contribution in [3.05, 3.63) is 12.0 Å². The molecule has 0 radical (unpaired) electrons. The second kappa shape index (κ2) is 4.19. The summed E-state index contributed by atoms with van der Waals surface area (Å²) in [7, 11) is -1.32. The summed E-state index contributed by atoms with van der Waals surface area (Å²) < 4.78 is 10.6. The first-order valence-corrected chi connectivity index (χ1v) is 3.94. The SMILES string of the molecule is C=C[S@](=O)C[C@H](N)C(=O)O. The third kappa shape index (κ3) is 3.37. The maximum absolute atomic E-state index is 10.6. The number of carboxylic acids is 1. The van der Waals surface area contributed by atoms with Crippen LogP contribution in [0.25, 0.3) is 0 Å². The van der Waals surface area contributed by atoms with Gasteiger partial charge in [0.25, 0.3) is 0 Å². The second-order valence-corrected chi connectivity index (χ2v) is 3.09. The van der Waals surface area contributed by atoms with Gasteiger partial charge in [-0.15, -0.1) is 0 Å². The monoisotopic (exact) mass is 163 g/mol. The van der Waals surface area contributed by atoms with Crippen LogP contribution in [0.3, 0.4) is 0 Å². The molecular formula is C5H9NO3S. The van der Waals surface area contributed by atoms with Gasteiger partial charge in [0.15, 0.2) is 0 Å². The lowest BCUT2D eigenvalue weighted by Gasteiger charge is -2.01. The molecule has 5 heteroatoms. The molecule has 0 aromatic heterocycles. The fourth-order valence-corrected chi connectivity index (χ4v) is 0.949. The predicted molar refractivity (Wildman–Crippen MR) is 38.8 cm³/mol. The molecule has 2 atom stereocenters. The van der Waals surface area contributed by atoms with E-state index in [-0.39, 0.29) is 5.75 Å². The van der Waals surface area contributed by atoms with Gasteiger partial charge in [-0.1, -0.05) is 6.58 Å². The van der Waals surface area contributed by atoms with Crippen LogP contribution in [0.1, 0.15) is 0 Å². The van der Waals surface area contributed by atoms with Crippen molar-refractivity contribution in [2.75, 3.05) is 5.75 Å². The van der Waals surface area contributed by atoms with E-state index in [0.717, 1.165) is 0 Å². The zero-order valence-electron chi connectivity index (χ0n) is 5.32. The van der Waals surface area contributed by atoms with Crippen LogP contribution in [-0.4, -0.2) is 27.1 Å². The smallest absolute Gasteiger partial charge is 0.321 e. The van der Waals surface area contributed by atoms with Gasteiger partial charge in [-0.3, -0.25) is 9.00 Å². The van der Waals surface area contributed by atoms with Crippen LogP contribution in [0, 0.1) is 0 Å². The molecule has 0 saturated carbocycles. The van der Waals surface area contributed by atoms with Gasteiger partial charge in [0.1, 0.15) is 6.04 Å². The Morgan fingerprint density at radius 2 is 2.40 bits per heavy atom. The molecule has 10 heavy (non-hydrogen) atoms. The van der Waals surface area contributed by atoms with Crippen molar-refractivity contribution in [3.63, 3.8) is 0 Å². The minimum Gasteiger partial charge on any atom is -0.480 e. The number of hydrogen-bond donors (Lipinski definition) is 2. The van der Waals surface area contributed by atoms with Gasteiger partial charge in [0.2, 0.25) is 0 Å². The second-order valence-electron chi connectivity index (χ2n) is 1.66. The number of nitrogens with two attached hydrogens (primary N) is 1. The Labute approximate surface area is 61.2 Å². The molecule has 0 fully saturated rings. The van der Waals surface area contributed by atoms with Crippen LogP contribution in [0.5, 0.6) is 0 Å². The fourth-order valence-electron chi connectivity index (χ4n) is 0.316. The first-order chi connectivity index (χ1) is 4.57. The van der Waals surface area contributed by atoms with Gasteiger partial charge in [-0.2, -0.15) is 0 Å². The normalized spacial score (nSPS) is 15.7. The molecule has 0 spiro atoms. The summed E-state index contributed by atoms with van der Waals surface area (Å²) in [6.07, 6.45) is 0. The maximum atomic E-state index is 10.6. The standard InChI is InChI=1S/C5H9NO3S/c1-2-10(9)3-4(6)5(7)8/h2,4H,1,3,6H2,(H,7,8)/t4-,10-/m0/s1. The molecule has 0 saturated heterocycles. The average Bonchev–Trinajstić information content (AvgIpc) is 1.87. The molecule has 0 rings (SSSR count). The highest BCUT2D eigenvalue weighted by atomic mass is 32.2. The van der Waals surface area contributed by atoms with Crippen molar-refractivity contribution in [2.45, 2.75) is 6.04 Å². The molecule has 0 aliphatic heterocycles. The first-order valence-electron chi connectivity index (χ1n) is 2.56. The maximum Gasteiger partial charge on any atom is 0.321 e. The van der Waals surface area contributed by atoms with E-state index in [0.29, 0.717) is 0 Å². The highest BCUT2D eigenvalue weighted by Gasteiger charge is 2.12. The molecule has 0 bridgehead atoms. The fraction of sp³-hybridized carbons (Fsp3) is 0.400. The summed E-state index contributed by atoms with van der Waals surface area (Å²) >= 11 is 0. The van der Waals surface area contributed by atoms with Crippen LogP contribution < -0.4 is 5.73 Å². The number of hydrogen-bond acceptors (Lipinski definition) is 3. The Bertz CT molecular complexity index is 168. The Morgan fingerprint density at radius 1 is 1.90 bits per heavy atom. The lowest BCUT2D eigenvalue weighted by molar-refractivity contribution is -0.137. The van der Waals surface area contributed by atoms with Crippen molar-refractivity contribution in [1.29, 1.82) is 0 Å². The van der Waals surface area contributed by atoms with Gasteiger partial charge < -0.3 is 10.8 Å². The highest BCUT2D eigenvalue weighted by Crippen LogP contribution is 1.86. The molecular weight excluding hydrogens is 154 g/mol. The topological polar surface area (TPSA) is 80.4 Å². The van der Waals surface area contributed by atoms with E-state index in [9.17, 15) is 9.00 Å². The summed E-state index contributed by atoms with van der Waals surface area (Å²) in [5.41, 5.74) is 5.05. The summed E-state index contributed by atoms with van der Waals surface area (Å²) in [4.78, 5) is 10.1. The summed E-state index contributed by atoms with van der Waals surface area (Å²) in [5, 5.41) is 9.40. The molecule has 4 nitrogen and oxygen atoms in total. The Balaban J connectivity index is 3.79. The van der Waals surface area contributed by atoms with Crippen LogP contribution >= 0.6 is 0 Å². The van der Waals surface area contributed by atoms with Gasteiger partial charge in [0, 0.05) is 10.8 Å². The van der Waals surface area contributed by atoms with Gasteiger partial charge in [-0.25, -0.2) is 0 Å². The van der Waals surface area contributed by atoms with E-state index < -0.39 is 22.8 Å². The molecule has 0 aliphatic rings. The largest absolute Gasteiger partial charge is 0.480 e. The number of rotatable bonds is 4. The summed E-state index contributed by atoms with van der Waals surface area (Å²) in [6.45, 7) is 3.22. The van der Waals surface area contributed by atoms with E-state index >= 15 is 0 Å². The van der Waals surface area contributed by atoms with E-state index in [1.807, 2.05) is 0 Å². The van der Waals surface area contributed by atoms with Gasteiger partial charge in [0.05, 0.1) is 5.75 Å². The molecule has 3 N–H and O–H groups in total. The molecule has 0 aliphatic carbocycles. The van der Waals surface area contributed by atoms with Crippen molar-refractivity contribution >= 4 is 16.8 Å². The number of carbonyl (C=O) groups is 1. The first kappa shape index (κ1) is 9.32. The third-order valence-corrected chi connectivity index (χ3v) is 1.91. The third-order valence-electron chi connectivity index (χ3n) is 0.847. The minimum absolute atomic E-state index is 0.0706. The lowest BCUT2D eigenvalue weighted by atomic mass is 10.4. The molecule has 0 heterocycles. The molecule has 0 amide bonds. The molecule has 0 unspecified atom stereocenters. The van der Waals surface area contributed by atoms with E-state index in [1.54, 1.807) is 0 Å². The molecule has 0 aromatic rings. The van der Waals surface area contributed by atoms with Crippen LogP contribution in [0.4, 0.5) is 0 Å². The van der Waals surface area contributed by atoms with Crippen LogP contribution in [-0.2, 0) is 15.6 Å². The number of carboxylic acid groups (broad SMARTS) is 1. The van der Waals surface area contributed by atoms with Crippen LogP contribution in [0.2, 0.25) is 0 Å². The highest BCUT2D eigenvalue weighted by molar-refractivity contribution is 7.88. The molecule has 58 valence electrons. The van der Waals surface area contributed by atoms with E-state index in [4.69, 9.17) is 10.8 Å². The minimum atomic E-state index is -1.32. The quantitative estimate of drug-likeness (QED) is 0.573. The van der Waals surface area contributed by atoms with Crippen LogP contribution in [0.15, 0.2) is 12.0 Å². The van der Waals surface area contributed by atoms with Crippen molar-refractivity contribution < 1.29 is 14.1 Å². The van der Waals surface area contributed by atoms with Crippen molar-refractivity contribution in [1.82, 2.24) is 0 Å². The Morgan fingerprint density at radius 3 is 2.70 bits per heavy atom. The predicted octanol–water partition coefficient (Wildman–Crippen LogP) is -0.710.